The van der Waals surface area contributed by atoms with E-state index in [9.17, 15) is 13.2 Å². The summed E-state index contributed by atoms with van der Waals surface area (Å²) in [5.41, 5.74) is 0.803. The molecule has 0 spiro atoms. The van der Waals surface area contributed by atoms with Crippen molar-refractivity contribution in [3.05, 3.63) is 11.1 Å². The fourth-order valence-electron chi connectivity index (χ4n) is 1.15. The second-order valence-electron chi connectivity index (χ2n) is 3.43. The minimum Gasteiger partial charge on any atom is -0.301 e. The van der Waals surface area contributed by atoms with Gasteiger partial charge >= 0.3 is 0 Å². The molecule has 1 N–H and O–H groups in total. The summed E-state index contributed by atoms with van der Waals surface area (Å²) in [5, 5.41) is 4.69. The first-order valence-electron chi connectivity index (χ1n) is 4.85. The number of aryl methyl sites for hydroxylation is 1. The van der Waals surface area contributed by atoms with E-state index < -0.39 is 21.5 Å². The van der Waals surface area contributed by atoms with Crippen molar-refractivity contribution in [2.45, 2.75) is 20.3 Å². The van der Waals surface area contributed by atoms with Gasteiger partial charge in [0.05, 0.1) is 11.4 Å². The molecule has 0 unspecified atom stereocenters. The highest BCUT2D eigenvalue weighted by Gasteiger charge is 2.16. The third kappa shape index (κ3) is 4.28. The van der Waals surface area contributed by atoms with Crippen LogP contribution in [0.5, 0.6) is 0 Å². The Balaban J connectivity index is 2.54. The van der Waals surface area contributed by atoms with Crippen LogP contribution < -0.4 is 5.32 Å². The lowest BCUT2D eigenvalue weighted by atomic mass is 10.6. The minimum atomic E-state index is -3.28. The smallest absolute Gasteiger partial charge is 0.241 e. The largest absolute Gasteiger partial charge is 0.301 e. The molecule has 7 heteroatoms. The molecule has 90 valence electrons. The number of thiazole rings is 1. The van der Waals surface area contributed by atoms with Crippen molar-refractivity contribution in [2.24, 2.45) is 0 Å². The highest BCUT2D eigenvalue weighted by Crippen LogP contribution is 2.14. The first kappa shape index (κ1) is 13.1. The molecule has 0 radical (unpaired) electrons. The van der Waals surface area contributed by atoms with E-state index in [2.05, 4.69) is 10.3 Å². The monoisotopic (exact) mass is 262 g/mol. The second kappa shape index (κ2) is 5.40. The third-order valence-corrected chi connectivity index (χ3v) is 4.34. The van der Waals surface area contributed by atoms with Gasteiger partial charge in [0, 0.05) is 5.38 Å². The summed E-state index contributed by atoms with van der Waals surface area (Å²) in [7, 11) is -3.28. The van der Waals surface area contributed by atoms with Gasteiger partial charge in [-0.2, -0.15) is 0 Å². The molecule has 1 rings (SSSR count). The number of aromatic nitrogens is 1. The number of hydrogen-bond acceptors (Lipinski definition) is 5. The lowest BCUT2D eigenvalue weighted by Crippen LogP contribution is -2.24. The van der Waals surface area contributed by atoms with Gasteiger partial charge in [-0.15, -0.1) is 11.3 Å². The molecule has 0 atom stereocenters. The molecular formula is C9H14N2O3S2. The second-order valence-corrected chi connectivity index (χ2v) is 6.48. The van der Waals surface area contributed by atoms with Crippen LogP contribution in [0.2, 0.25) is 0 Å². The molecule has 1 aromatic rings. The molecule has 1 heterocycles. The topological polar surface area (TPSA) is 76.1 Å². The predicted octanol–water partition coefficient (Wildman–Crippen LogP) is 1.21. The Morgan fingerprint density at radius 2 is 2.25 bits per heavy atom. The van der Waals surface area contributed by atoms with Crippen LogP contribution in [0, 0.1) is 6.92 Å². The van der Waals surface area contributed by atoms with Crippen LogP contribution in [-0.4, -0.2) is 30.8 Å². The number of hydrogen-bond donors (Lipinski definition) is 1. The van der Waals surface area contributed by atoms with Gasteiger partial charge < -0.3 is 5.32 Å². The number of nitrogens with one attached hydrogen (secondary N) is 1. The van der Waals surface area contributed by atoms with Crippen LogP contribution in [-0.2, 0) is 14.6 Å². The molecule has 0 saturated heterocycles. The molecule has 0 aliphatic carbocycles. The van der Waals surface area contributed by atoms with Gasteiger partial charge in [0.15, 0.2) is 15.0 Å². The first-order valence-corrected chi connectivity index (χ1v) is 7.55. The molecule has 0 aliphatic heterocycles. The van der Waals surface area contributed by atoms with Gasteiger partial charge in [-0.1, -0.05) is 6.92 Å². The molecule has 5 nitrogen and oxygen atoms in total. The number of rotatable bonds is 5. The van der Waals surface area contributed by atoms with Gasteiger partial charge in [0.2, 0.25) is 5.91 Å². The summed E-state index contributed by atoms with van der Waals surface area (Å²) in [6, 6.07) is 0. The SMILES string of the molecule is CCCS(=O)(=O)CC(=O)Nc1nc(C)cs1. The van der Waals surface area contributed by atoms with E-state index in [0.717, 1.165) is 5.69 Å². The molecule has 0 bridgehead atoms. The lowest BCUT2D eigenvalue weighted by molar-refractivity contribution is -0.113. The van der Waals surface area contributed by atoms with Crippen LogP contribution in [0.3, 0.4) is 0 Å². The van der Waals surface area contributed by atoms with Crippen LogP contribution in [0.1, 0.15) is 19.0 Å². The molecular weight excluding hydrogens is 248 g/mol. The maximum absolute atomic E-state index is 11.4. The summed E-state index contributed by atoms with van der Waals surface area (Å²) < 4.78 is 22.7. The van der Waals surface area contributed by atoms with E-state index in [-0.39, 0.29) is 5.75 Å². The van der Waals surface area contributed by atoms with Gasteiger partial charge in [0.25, 0.3) is 0 Å². The Labute approximate surface area is 98.8 Å². The maximum Gasteiger partial charge on any atom is 0.241 e. The molecule has 16 heavy (non-hydrogen) atoms. The zero-order valence-electron chi connectivity index (χ0n) is 9.19. The standard InChI is InChI=1S/C9H14N2O3S2/c1-3-4-16(13,14)6-8(12)11-9-10-7(2)5-15-9/h5H,3-4,6H2,1-2H3,(H,10,11,12). The fourth-order valence-corrected chi connectivity index (χ4v) is 3.09. The van der Waals surface area contributed by atoms with Crippen molar-refractivity contribution in [3.8, 4) is 0 Å². The quantitative estimate of drug-likeness (QED) is 0.865. The Hall–Kier alpha value is -0.950. The predicted molar refractivity (Wildman–Crippen MR) is 64.4 cm³/mol. The summed E-state index contributed by atoms with van der Waals surface area (Å²) in [4.78, 5) is 15.4. The van der Waals surface area contributed by atoms with Crippen molar-refractivity contribution in [2.75, 3.05) is 16.8 Å². The highest BCUT2D eigenvalue weighted by atomic mass is 32.2. The number of carbonyl (C=O) groups excluding carboxylic acids is 1. The summed E-state index contributed by atoms with van der Waals surface area (Å²) in [6.07, 6.45) is 0.520. The first-order chi connectivity index (χ1) is 7.43. The van der Waals surface area contributed by atoms with Crippen molar-refractivity contribution in [1.82, 2.24) is 4.98 Å². The van der Waals surface area contributed by atoms with E-state index in [4.69, 9.17) is 0 Å². The molecule has 1 aromatic heterocycles. The minimum absolute atomic E-state index is 0.0390. The summed E-state index contributed by atoms with van der Waals surface area (Å²) >= 11 is 1.28. The number of sulfone groups is 1. The van der Waals surface area contributed by atoms with Crippen LogP contribution in [0.15, 0.2) is 5.38 Å². The van der Waals surface area contributed by atoms with E-state index in [0.29, 0.717) is 11.6 Å². The van der Waals surface area contributed by atoms with Crippen molar-refractivity contribution in [3.63, 3.8) is 0 Å². The van der Waals surface area contributed by atoms with E-state index in [1.807, 2.05) is 0 Å². The van der Waals surface area contributed by atoms with Gasteiger partial charge in [-0.25, -0.2) is 13.4 Å². The molecule has 0 aliphatic rings. The van der Waals surface area contributed by atoms with E-state index in [1.54, 1.807) is 19.2 Å². The maximum atomic E-state index is 11.4. The molecule has 0 aromatic carbocycles. The third-order valence-electron chi connectivity index (χ3n) is 1.73. The normalized spacial score (nSPS) is 11.4. The van der Waals surface area contributed by atoms with Gasteiger partial charge in [-0.3, -0.25) is 4.79 Å². The Morgan fingerprint density at radius 1 is 1.56 bits per heavy atom. The zero-order valence-corrected chi connectivity index (χ0v) is 10.8. The van der Waals surface area contributed by atoms with Crippen molar-refractivity contribution in [1.29, 1.82) is 0 Å². The van der Waals surface area contributed by atoms with E-state index >= 15 is 0 Å². The van der Waals surface area contributed by atoms with Crippen LogP contribution in [0.25, 0.3) is 0 Å². The number of carbonyl (C=O) groups is 1. The Kier molecular flexibility index (Phi) is 4.43. The fraction of sp³-hybridized carbons (Fsp3) is 0.556. The van der Waals surface area contributed by atoms with Crippen molar-refractivity contribution >= 4 is 32.2 Å². The van der Waals surface area contributed by atoms with Crippen molar-refractivity contribution < 1.29 is 13.2 Å². The number of amides is 1. The lowest BCUT2D eigenvalue weighted by Gasteiger charge is -2.02. The highest BCUT2D eigenvalue weighted by molar-refractivity contribution is 7.92. The summed E-state index contributed by atoms with van der Waals surface area (Å²) in [5.74, 6) is -0.959. The van der Waals surface area contributed by atoms with E-state index in [1.165, 1.54) is 11.3 Å². The number of nitrogens with zero attached hydrogens (tertiary/aromatic N) is 1. The molecule has 0 saturated carbocycles. The van der Waals surface area contributed by atoms with Crippen LogP contribution >= 0.6 is 11.3 Å². The Bertz CT molecular complexity index is 465. The average Bonchev–Trinajstić information content (AvgIpc) is 2.49. The molecule has 1 amide bonds. The van der Waals surface area contributed by atoms with Gasteiger partial charge in [0.1, 0.15) is 5.75 Å². The van der Waals surface area contributed by atoms with Gasteiger partial charge in [-0.05, 0) is 13.3 Å². The Morgan fingerprint density at radius 3 is 2.75 bits per heavy atom. The van der Waals surface area contributed by atoms with Crippen LogP contribution in [0.4, 0.5) is 5.13 Å². The summed E-state index contributed by atoms with van der Waals surface area (Å²) in [6.45, 7) is 3.57. The average molecular weight is 262 g/mol. The zero-order chi connectivity index (χ0) is 12.2. The molecule has 0 fully saturated rings. The number of anilines is 1.